The molecule has 2 rings (SSSR count). The highest BCUT2D eigenvalue weighted by atomic mass is 16.2. The molecule has 0 aliphatic heterocycles. The van der Waals surface area contributed by atoms with Crippen LogP contribution in [-0.2, 0) is 4.79 Å². The number of nitrogens with one attached hydrogen (secondary N) is 3. The fraction of sp³-hybridized carbons (Fsp3) is 0.231. The SMILES string of the molecule is CNC(=O)C(C)NC(=O)c1c[nH]c2ccccc12. The standard InChI is InChI=1S/C13H15N3O2/c1-8(12(17)14-2)16-13(18)10-7-15-11-6-4-3-5-9(10)11/h3-8,15H,1-2H3,(H,14,17)(H,16,18). The number of benzene rings is 1. The average Bonchev–Trinajstić information content (AvgIpc) is 2.81. The van der Waals surface area contributed by atoms with Crippen LogP contribution in [0.3, 0.4) is 0 Å². The fourth-order valence-electron chi connectivity index (χ4n) is 1.82. The number of rotatable bonds is 3. The van der Waals surface area contributed by atoms with Gasteiger partial charge in [-0.15, -0.1) is 0 Å². The molecule has 0 bridgehead atoms. The Hall–Kier alpha value is -2.30. The molecule has 0 spiro atoms. The molecular weight excluding hydrogens is 230 g/mol. The van der Waals surface area contributed by atoms with Gasteiger partial charge in [0.1, 0.15) is 6.04 Å². The van der Waals surface area contributed by atoms with Gasteiger partial charge in [-0.25, -0.2) is 0 Å². The van der Waals surface area contributed by atoms with Crippen LogP contribution in [0.2, 0.25) is 0 Å². The Labute approximate surface area is 105 Å². The Morgan fingerprint density at radius 2 is 2.00 bits per heavy atom. The number of aromatic nitrogens is 1. The maximum Gasteiger partial charge on any atom is 0.254 e. The van der Waals surface area contributed by atoms with Crippen LogP contribution in [-0.4, -0.2) is 29.9 Å². The first kappa shape index (κ1) is 12.2. The minimum atomic E-state index is -0.559. The summed E-state index contributed by atoms with van der Waals surface area (Å²) in [5, 5.41) is 5.99. The van der Waals surface area contributed by atoms with Crippen LogP contribution in [0.15, 0.2) is 30.5 Å². The first-order valence-corrected chi connectivity index (χ1v) is 5.72. The number of aromatic amines is 1. The van der Waals surface area contributed by atoms with Gasteiger partial charge in [0.2, 0.25) is 5.91 Å². The Balaban J connectivity index is 2.21. The summed E-state index contributed by atoms with van der Waals surface area (Å²) >= 11 is 0. The zero-order valence-corrected chi connectivity index (χ0v) is 10.3. The van der Waals surface area contributed by atoms with Crippen molar-refractivity contribution in [2.45, 2.75) is 13.0 Å². The molecule has 0 aliphatic rings. The summed E-state index contributed by atoms with van der Waals surface area (Å²) in [6.45, 7) is 1.64. The highest BCUT2D eigenvalue weighted by molar-refractivity contribution is 6.07. The summed E-state index contributed by atoms with van der Waals surface area (Å²) < 4.78 is 0. The van der Waals surface area contributed by atoms with E-state index in [0.717, 1.165) is 10.9 Å². The van der Waals surface area contributed by atoms with E-state index in [9.17, 15) is 9.59 Å². The molecule has 1 heterocycles. The number of amides is 2. The molecule has 1 unspecified atom stereocenters. The molecule has 0 aliphatic carbocycles. The summed E-state index contributed by atoms with van der Waals surface area (Å²) in [7, 11) is 1.54. The second-order valence-electron chi connectivity index (χ2n) is 4.06. The molecule has 0 radical (unpaired) electrons. The summed E-state index contributed by atoms with van der Waals surface area (Å²) in [6, 6.07) is 6.97. The van der Waals surface area contributed by atoms with Crippen molar-refractivity contribution in [1.29, 1.82) is 0 Å². The largest absolute Gasteiger partial charge is 0.360 e. The van der Waals surface area contributed by atoms with Gasteiger partial charge in [0.05, 0.1) is 5.56 Å². The van der Waals surface area contributed by atoms with Crippen LogP contribution in [0.4, 0.5) is 0 Å². The summed E-state index contributed by atoms with van der Waals surface area (Å²) in [5.74, 6) is -0.480. The van der Waals surface area contributed by atoms with Gasteiger partial charge in [-0.3, -0.25) is 9.59 Å². The molecule has 18 heavy (non-hydrogen) atoms. The third kappa shape index (κ3) is 2.20. The van der Waals surface area contributed by atoms with Crippen LogP contribution in [0, 0.1) is 0 Å². The van der Waals surface area contributed by atoms with Gasteiger partial charge in [-0.05, 0) is 13.0 Å². The molecule has 1 atom stereocenters. The average molecular weight is 245 g/mol. The van der Waals surface area contributed by atoms with Crippen molar-refractivity contribution in [2.75, 3.05) is 7.05 Å². The number of hydrogen-bond acceptors (Lipinski definition) is 2. The highest BCUT2D eigenvalue weighted by Gasteiger charge is 2.17. The third-order valence-electron chi connectivity index (χ3n) is 2.82. The van der Waals surface area contributed by atoms with E-state index >= 15 is 0 Å². The number of carbonyl (C=O) groups is 2. The molecule has 94 valence electrons. The van der Waals surface area contributed by atoms with Crippen molar-refractivity contribution >= 4 is 22.7 Å². The van der Waals surface area contributed by atoms with E-state index in [0.29, 0.717) is 5.56 Å². The Bertz CT molecular complexity index is 589. The maximum absolute atomic E-state index is 12.0. The van der Waals surface area contributed by atoms with Crippen LogP contribution in [0.1, 0.15) is 17.3 Å². The quantitative estimate of drug-likeness (QED) is 0.755. The molecular formula is C13H15N3O2. The number of carbonyl (C=O) groups excluding carboxylic acids is 2. The van der Waals surface area contributed by atoms with E-state index < -0.39 is 6.04 Å². The summed E-state index contributed by atoms with van der Waals surface area (Å²) in [6.07, 6.45) is 1.65. The lowest BCUT2D eigenvalue weighted by Crippen LogP contribution is -2.43. The predicted molar refractivity (Wildman–Crippen MR) is 69.3 cm³/mol. The van der Waals surface area contributed by atoms with Gasteiger partial charge in [-0.1, -0.05) is 18.2 Å². The summed E-state index contributed by atoms with van der Waals surface area (Å²) in [4.78, 5) is 26.4. The predicted octanol–water partition coefficient (Wildman–Crippen LogP) is 1.03. The minimum Gasteiger partial charge on any atom is -0.360 e. The van der Waals surface area contributed by atoms with Crippen LogP contribution >= 0.6 is 0 Å². The second-order valence-corrected chi connectivity index (χ2v) is 4.06. The monoisotopic (exact) mass is 245 g/mol. The molecule has 5 nitrogen and oxygen atoms in total. The van der Waals surface area contributed by atoms with E-state index in [1.165, 1.54) is 7.05 Å². The molecule has 5 heteroatoms. The number of para-hydroxylation sites is 1. The second kappa shape index (κ2) is 4.91. The van der Waals surface area contributed by atoms with E-state index in [4.69, 9.17) is 0 Å². The lowest BCUT2D eigenvalue weighted by molar-refractivity contribution is -0.122. The zero-order chi connectivity index (χ0) is 13.1. The van der Waals surface area contributed by atoms with E-state index in [1.807, 2.05) is 24.3 Å². The van der Waals surface area contributed by atoms with Crippen molar-refractivity contribution in [3.8, 4) is 0 Å². The zero-order valence-electron chi connectivity index (χ0n) is 10.3. The first-order chi connectivity index (χ1) is 8.63. The van der Waals surface area contributed by atoms with E-state index in [2.05, 4.69) is 15.6 Å². The number of fused-ring (bicyclic) bond motifs is 1. The Morgan fingerprint density at radius 3 is 2.72 bits per heavy atom. The molecule has 0 saturated carbocycles. The molecule has 2 aromatic rings. The van der Waals surface area contributed by atoms with Gasteiger partial charge in [-0.2, -0.15) is 0 Å². The minimum absolute atomic E-state index is 0.219. The number of hydrogen-bond donors (Lipinski definition) is 3. The van der Waals surface area contributed by atoms with Gasteiger partial charge >= 0.3 is 0 Å². The molecule has 1 aromatic carbocycles. The molecule has 0 saturated heterocycles. The van der Waals surface area contributed by atoms with E-state index in [-0.39, 0.29) is 11.8 Å². The highest BCUT2D eigenvalue weighted by Crippen LogP contribution is 2.17. The van der Waals surface area contributed by atoms with Crippen molar-refractivity contribution in [3.63, 3.8) is 0 Å². The lowest BCUT2D eigenvalue weighted by Gasteiger charge is -2.11. The van der Waals surface area contributed by atoms with Crippen LogP contribution < -0.4 is 10.6 Å². The first-order valence-electron chi connectivity index (χ1n) is 5.72. The fourth-order valence-corrected chi connectivity index (χ4v) is 1.82. The Kier molecular flexibility index (Phi) is 3.32. The number of H-pyrrole nitrogens is 1. The van der Waals surface area contributed by atoms with Crippen LogP contribution in [0.25, 0.3) is 10.9 Å². The summed E-state index contributed by atoms with van der Waals surface area (Å²) in [5.41, 5.74) is 1.44. The number of likely N-dealkylation sites (N-methyl/N-ethyl adjacent to an activating group) is 1. The topological polar surface area (TPSA) is 74.0 Å². The van der Waals surface area contributed by atoms with Crippen molar-refractivity contribution < 1.29 is 9.59 Å². The lowest BCUT2D eigenvalue weighted by atomic mass is 10.1. The van der Waals surface area contributed by atoms with Crippen molar-refractivity contribution in [3.05, 3.63) is 36.0 Å². The molecule has 0 fully saturated rings. The van der Waals surface area contributed by atoms with Gasteiger partial charge in [0.15, 0.2) is 0 Å². The Morgan fingerprint density at radius 1 is 1.28 bits per heavy atom. The molecule has 2 amide bonds. The maximum atomic E-state index is 12.0. The normalized spacial score (nSPS) is 12.1. The van der Waals surface area contributed by atoms with Crippen molar-refractivity contribution in [2.24, 2.45) is 0 Å². The van der Waals surface area contributed by atoms with Gasteiger partial charge in [0.25, 0.3) is 5.91 Å². The smallest absolute Gasteiger partial charge is 0.254 e. The van der Waals surface area contributed by atoms with Gasteiger partial charge < -0.3 is 15.6 Å². The molecule has 3 N–H and O–H groups in total. The third-order valence-corrected chi connectivity index (χ3v) is 2.82. The molecule has 1 aromatic heterocycles. The van der Waals surface area contributed by atoms with Gasteiger partial charge in [0, 0.05) is 24.1 Å². The van der Waals surface area contributed by atoms with Crippen molar-refractivity contribution in [1.82, 2.24) is 15.6 Å². The van der Waals surface area contributed by atoms with Crippen LogP contribution in [0.5, 0.6) is 0 Å². The van der Waals surface area contributed by atoms with E-state index in [1.54, 1.807) is 13.1 Å².